The predicted molar refractivity (Wildman–Crippen MR) is 80.0 cm³/mol. The maximum atomic E-state index is 13.5. The summed E-state index contributed by atoms with van der Waals surface area (Å²) >= 11 is 1.92. The van der Waals surface area contributed by atoms with E-state index in [1.165, 1.54) is 18.2 Å². The van der Waals surface area contributed by atoms with Gasteiger partial charge in [0.05, 0.1) is 0 Å². The summed E-state index contributed by atoms with van der Waals surface area (Å²) < 4.78 is 26.6. The van der Waals surface area contributed by atoms with E-state index in [-0.39, 0.29) is 6.54 Å². The highest BCUT2D eigenvalue weighted by Crippen LogP contribution is 2.16. The third-order valence-electron chi connectivity index (χ3n) is 3.18. The molecule has 1 fully saturated rings. The van der Waals surface area contributed by atoms with E-state index in [0.717, 1.165) is 24.3 Å². The molecule has 0 amide bonds. The van der Waals surface area contributed by atoms with Crippen LogP contribution in [-0.2, 0) is 6.54 Å². The van der Waals surface area contributed by atoms with Gasteiger partial charge in [0.25, 0.3) is 0 Å². The van der Waals surface area contributed by atoms with Crippen LogP contribution in [0.2, 0.25) is 0 Å². The number of nitrogens with zero attached hydrogens (tertiary/aromatic N) is 1. The summed E-state index contributed by atoms with van der Waals surface area (Å²) in [5.74, 6) is 2.03. The van der Waals surface area contributed by atoms with Gasteiger partial charge in [-0.15, -0.1) is 0 Å². The first-order valence-electron chi connectivity index (χ1n) is 6.68. The number of halogens is 2. The zero-order chi connectivity index (χ0) is 14.4. The normalized spacial score (nSPS) is 19.8. The molecule has 2 rings (SSSR count). The van der Waals surface area contributed by atoms with E-state index in [4.69, 9.17) is 0 Å². The van der Waals surface area contributed by atoms with Crippen LogP contribution < -0.4 is 10.6 Å². The van der Waals surface area contributed by atoms with Gasteiger partial charge in [0, 0.05) is 31.0 Å². The number of rotatable bonds is 3. The maximum absolute atomic E-state index is 13.5. The minimum Gasteiger partial charge on any atom is -0.353 e. The maximum Gasteiger partial charge on any atom is 0.191 e. The Morgan fingerprint density at radius 3 is 3.00 bits per heavy atom. The van der Waals surface area contributed by atoms with Gasteiger partial charge in [-0.05, 0) is 36.8 Å². The van der Waals surface area contributed by atoms with Gasteiger partial charge >= 0.3 is 0 Å². The summed E-state index contributed by atoms with van der Waals surface area (Å²) in [6, 6.07) is 3.84. The average molecular weight is 299 g/mol. The number of nitrogens with one attached hydrogen (secondary N) is 2. The van der Waals surface area contributed by atoms with Gasteiger partial charge in [-0.25, -0.2) is 8.78 Å². The summed E-state index contributed by atoms with van der Waals surface area (Å²) in [6.45, 7) is 0.211. The molecule has 2 N–H and O–H groups in total. The molecule has 0 bridgehead atoms. The van der Waals surface area contributed by atoms with Crippen molar-refractivity contribution in [3.05, 3.63) is 35.4 Å². The minimum atomic E-state index is -0.435. The van der Waals surface area contributed by atoms with E-state index in [1.807, 2.05) is 11.8 Å². The van der Waals surface area contributed by atoms with Gasteiger partial charge in [-0.1, -0.05) is 0 Å². The second kappa shape index (κ2) is 7.47. The molecule has 1 aliphatic heterocycles. The van der Waals surface area contributed by atoms with Crippen molar-refractivity contribution >= 4 is 17.7 Å². The average Bonchev–Trinajstić information content (AvgIpc) is 2.47. The fourth-order valence-electron chi connectivity index (χ4n) is 2.10. The Hall–Kier alpha value is -1.30. The van der Waals surface area contributed by atoms with E-state index in [0.29, 0.717) is 17.6 Å². The number of benzene rings is 1. The fourth-order valence-corrected chi connectivity index (χ4v) is 3.17. The van der Waals surface area contributed by atoms with Crippen molar-refractivity contribution in [1.82, 2.24) is 10.6 Å². The summed E-state index contributed by atoms with van der Waals surface area (Å²) in [4.78, 5) is 4.12. The summed E-state index contributed by atoms with van der Waals surface area (Å²) in [5, 5.41) is 6.34. The van der Waals surface area contributed by atoms with Crippen molar-refractivity contribution in [2.45, 2.75) is 25.4 Å². The lowest BCUT2D eigenvalue weighted by molar-refractivity contribution is 0.570. The van der Waals surface area contributed by atoms with Gasteiger partial charge in [0.15, 0.2) is 5.96 Å². The second-order valence-corrected chi connectivity index (χ2v) is 5.87. The van der Waals surface area contributed by atoms with E-state index in [1.54, 1.807) is 7.05 Å². The lowest BCUT2D eigenvalue weighted by Gasteiger charge is -2.24. The number of hydrogen-bond donors (Lipinski definition) is 2. The highest BCUT2D eigenvalue weighted by atomic mass is 32.2. The Kier molecular flexibility index (Phi) is 5.64. The molecule has 1 aliphatic rings. The van der Waals surface area contributed by atoms with E-state index in [9.17, 15) is 8.78 Å². The van der Waals surface area contributed by atoms with E-state index < -0.39 is 11.6 Å². The van der Waals surface area contributed by atoms with Gasteiger partial charge in [-0.3, -0.25) is 4.99 Å². The molecule has 0 aliphatic carbocycles. The molecule has 1 heterocycles. The number of aliphatic imine (C=N–C) groups is 1. The fraction of sp³-hybridized carbons (Fsp3) is 0.500. The summed E-state index contributed by atoms with van der Waals surface area (Å²) in [6.07, 6.45) is 2.31. The Morgan fingerprint density at radius 2 is 2.30 bits per heavy atom. The third kappa shape index (κ3) is 4.37. The molecule has 1 saturated heterocycles. The molecular weight excluding hydrogens is 280 g/mol. The van der Waals surface area contributed by atoms with Gasteiger partial charge in [0.1, 0.15) is 11.6 Å². The number of guanidine groups is 1. The lowest BCUT2D eigenvalue weighted by atomic mass is 10.2. The van der Waals surface area contributed by atoms with Crippen LogP contribution >= 0.6 is 11.8 Å². The minimum absolute atomic E-state index is 0.211. The van der Waals surface area contributed by atoms with Crippen LogP contribution in [0.4, 0.5) is 8.78 Å². The van der Waals surface area contributed by atoms with Crippen LogP contribution in [0.5, 0.6) is 0 Å². The highest BCUT2D eigenvalue weighted by Gasteiger charge is 2.15. The molecule has 1 unspecified atom stereocenters. The van der Waals surface area contributed by atoms with Crippen LogP contribution in [-0.4, -0.2) is 30.6 Å². The van der Waals surface area contributed by atoms with Crippen LogP contribution in [0.15, 0.2) is 23.2 Å². The molecule has 0 saturated carbocycles. The molecule has 0 radical (unpaired) electrons. The molecule has 6 heteroatoms. The topological polar surface area (TPSA) is 36.4 Å². The quantitative estimate of drug-likeness (QED) is 0.665. The molecule has 20 heavy (non-hydrogen) atoms. The van der Waals surface area contributed by atoms with Gasteiger partial charge < -0.3 is 10.6 Å². The molecule has 1 atom stereocenters. The van der Waals surface area contributed by atoms with Crippen LogP contribution in [0, 0.1) is 11.6 Å². The molecule has 110 valence electrons. The number of hydrogen-bond acceptors (Lipinski definition) is 2. The van der Waals surface area contributed by atoms with E-state index >= 15 is 0 Å². The van der Waals surface area contributed by atoms with Crippen LogP contribution in [0.3, 0.4) is 0 Å². The standard InChI is InChI=1S/C14H19F2N3S/c1-17-14(19-12-3-2-6-20-9-12)18-8-10-7-11(15)4-5-13(10)16/h4-5,7,12H,2-3,6,8-9H2,1H3,(H2,17,18,19). The van der Waals surface area contributed by atoms with Crippen molar-refractivity contribution in [1.29, 1.82) is 0 Å². The Bertz CT molecular complexity index is 473. The van der Waals surface area contributed by atoms with Crippen LogP contribution in [0.25, 0.3) is 0 Å². The largest absolute Gasteiger partial charge is 0.353 e. The Balaban J connectivity index is 1.88. The van der Waals surface area contributed by atoms with Gasteiger partial charge in [0.2, 0.25) is 0 Å². The van der Waals surface area contributed by atoms with E-state index in [2.05, 4.69) is 15.6 Å². The van der Waals surface area contributed by atoms with Crippen molar-refractivity contribution < 1.29 is 8.78 Å². The molecule has 0 spiro atoms. The van der Waals surface area contributed by atoms with Crippen molar-refractivity contribution in [3.8, 4) is 0 Å². The summed E-state index contributed by atoms with van der Waals surface area (Å²) in [7, 11) is 1.67. The SMILES string of the molecule is CN=C(NCc1cc(F)ccc1F)NC1CCCSC1. The molecule has 1 aromatic rings. The van der Waals surface area contributed by atoms with Gasteiger partial charge in [-0.2, -0.15) is 11.8 Å². The smallest absolute Gasteiger partial charge is 0.191 e. The van der Waals surface area contributed by atoms with Crippen molar-refractivity contribution in [3.63, 3.8) is 0 Å². The summed E-state index contributed by atoms with van der Waals surface area (Å²) in [5.41, 5.74) is 0.297. The monoisotopic (exact) mass is 299 g/mol. The Labute approximate surface area is 122 Å². The number of thioether (sulfide) groups is 1. The molecule has 3 nitrogen and oxygen atoms in total. The first kappa shape index (κ1) is 15.1. The molecule has 0 aromatic heterocycles. The Morgan fingerprint density at radius 1 is 1.45 bits per heavy atom. The van der Waals surface area contributed by atoms with Crippen molar-refractivity contribution in [2.24, 2.45) is 4.99 Å². The lowest BCUT2D eigenvalue weighted by Crippen LogP contribution is -2.45. The first-order valence-corrected chi connectivity index (χ1v) is 7.83. The zero-order valence-electron chi connectivity index (χ0n) is 11.5. The molecular formula is C14H19F2N3S. The third-order valence-corrected chi connectivity index (χ3v) is 4.39. The van der Waals surface area contributed by atoms with Crippen LogP contribution in [0.1, 0.15) is 18.4 Å². The zero-order valence-corrected chi connectivity index (χ0v) is 12.3. The predicted octanol–water partition coefficient (Wildman–Crippen LogP) is 2.53. The first-order chi connectivity index (χ1) is 9.69. The highest BCUT2D eigenvalue weighted by molar-refractivity contribution is 7.99. The molecule has 1 aromatic carbocycles. The second-order valence-electron chi connectivity index (χ2n) is 4.72. The van der Waals surface area contributed by atoms with Crippen molar-refractivity contribution in [2.75, 3.05) is 18.6 Å².